The van der Waals surface area contributed by atoms with Crippen LogP contribution in [-0.2, 0) is 66.8 Å². The summed E-state index contributed by atoms with van der Waals surface area (Å²) < 4.78 is 53.5. The Morgan fingerprint density at radius 1 is 0.840 bits per heavy atom. The Morgan fingerprint density at radius 3 is 2.24 bits per heavy atom. The number of allylic oxidation sites excluding steroid dienone is 10. The highest BCUT2D eigenvalue weighted by Gasteiger charge is 2.76. The smallest absolute Gasteiger partial charge is 0.329 e. The van der Waals surface area contributed by atoms with E-state index in [0.29, 0.717) is 81.8 Å². The molecule has 2 bridgehead atoms. The molecule has 4 heterocycles. The number of Topliss-reactive ketones (excluding diaryl/α,β-unsaturated/α-hetero) is 4. The van der Waals surface area contributed by atoms with Crippen molar-refractivity contribution in [3.63, 3.8) is 0 Å². The second kappa shape index (κ2) is 33.1. The molecule has 1 aromatic heterocycles. The number of ether oxygens (including phenoxy) is 6. The van der Waals surface area contributed by atoms with Crippen molar-refractivity contribution in [1.82, 2.24) is 25.1 Å². The van der Waals surface area contributed by atoms with Gasteiger partial charge in [-0.1, -0.05) is 96.6 Å². The third-order valence-corrected chi connectivity index (χ3v) is 24.2. The van der Waals surface area contributed by atoms with Crippen molar-refractivity contribution in [2.75, 3.05) is 34.5 Å². The first kappa shape index (κ1) is 79.6. The zero-order valence-electron chi connectivity index (χ0n) is 61.0. The predicted octanol–water partition coefficient (Wildman–Crippen LogP) is 8.51. The molecular formula is C76H110FN5O18. The number of carbonyl (C=O) groups is 8. The third-order valence-electron chi connectivity index (χ3n) is 24.2. The van der Waals surface area contributed by atoms with Gasteiger partial charge in [0.1, 0.15) is 42.1 Å². The monoisotopic (exact) mass is 1400 g/mol. The van der Waals surface area contributed by atoms with Crippen LogP contribution < -0.4 is 0 Å². The van der Waals surface area contributed by atoms with E-state index in [4.69, 9.17) is 28.4 Å². The molecular weight excluding hydrogens is 1290 g/mol. The van der Waals surface area contributed by atoms with Gasteiger partial charge in [0.2, 0.25) is 11.6 Å². The highest BCUT2D eigenvalue weighted by atomic mass is 19.1. The largest absolute Gasteiger partial charge is 0.460 e. The fourth-order valence-electron chi connectivity index (χ4n) is 18.2. The molecule has 5 aliphatic carbocycles. The molecule has 554 valence electrons. The molecule has 1 amide bonds. The van der Waals surface area contributed by atoms with Crippen molar-refractivity contribution in [3.8, 4) is 0 Å². The van der Waals surface area contributed by atoms with Gasteiger partial charge in [-0.3, -0.25) is 33.6 Å². The molecule has 9 rings (SSSR count). The Morgan fingerprint density at radius 2 is 1.57 bits per heavy atom. The number of carbonyl (C=O) groups excluding carboxylic acids is 8. The summed E-state index contributed by atoms with van der Waals surface area (Å²) in [6.45, 7) is 18.7. The molecule has 2 saturated heterocycles. The number of tetrazole rings is 1. The van der Waals surface area contributed by atoms with Crippen LogP contribution >= 0.6 is 0 Å². The van der Waals surface area contributed by atoms with Crippen molar-refractivity contribution in [2.24, 2.45) is 64.1 Å². The zero-order chi connectivity index (χ0) is 73.6. The number of esters is 2. The molecule has 100 heavy (non-hydrogen) atoms. The number of aliphatic hydroxyl groups excluding tert-OH is 2. The second-order valence-electron chi connectivity index (χ2n) is 30.8. The van der Waals surface area contributed by atoms with Gasteiger partial charge in [0.25, 0.3) is 11.7 Å². The average Bonchev–Trinajstić information content (AvgIpc) is 1.41. The molecule has 1 aromatic rings. The first-order valence-electron chi connectivity index (χ1n) is 36.1. The van der Waals surface area contributed by atoms with E-state index >= 15 is 4.39 Å². The van der Waals surface area contributed by atoms with E-state index in [1.165, 1.54) is 31.1 Å². The number of aromatic nitrogens is 4. The number of cyclic esters (lactones) is 1. The van der Waals surface area contributed by atoms with Crippen LogP contribution in [0.5, 0.6) is 0 Å². The van der Waals surface area contributed by atoms with Crippen LogP contribution in [0.25, 0.3) is 0 Å². The lowest BCUT2D eigenvalue weighted by Crippen LogP contribution is -2.69. The number of hydrogen-bond acceptors (Lipinski definition) is 21. The molecule has 4 N–H and O–H groups in total. The van der Waals surface area contributed by atoms with Gasteiger partial charge in [-0.15, -0.1) is 5.10 Å². The van der Waals surface area contributed by atoms with Crippen molar-refractivity contribution >= 4 is 46.8 Å². The average molecular weight is 1400 g/mol. The number of halogens is 1. The number of hydrogen-bond donors (Lipinski definition) is 4. The summed E-state index contributed by atoms with van der Waals surface area (Å²) >= 11 is 0. The molecule has 6 fully saturated rings. The molecule has 4 saturated carbocycles. The summed E-state index contributed by atoms with van der Waals surface area (Å²) in [5, 5.41) is 58.1. The van der Waals surface area contributed by atoms with E-state index in [-0.39, 0.29) is 79.0 Å². The van der Waals surface area contributed by atoms with Crippen molar-refractivity contribution < 1.29 is 91.6 Å². The van der Waals surface area contributed by atoms with Gasteiger partial charge in [-0.05, 0) is 174 Å². The van der Waals surface area contributed by atoms with Crippen LogP contribution in [-0.4, -0.2) is 193 Å². The molecule has 0 unspecified atom stereocenters. The number of ketones is 5. The molecule has 8 aliphatic rings. The molecule has 24 heteroatoms. The van der Waals surface area contributed by atoms with E-state index < -0.39 is 136 Å². The van der Waals surface area contributed by atoms with Gasteiger partial charge in [0, 0.05) is 82.1 Å². The van der Waals surface area contributed by atoms with Crippen LogP contribution in [0.15, 0.2) is 77.7 Å². The molecule has 0 aromatic carbocycles. The van der Waals surface area contributed by atoms with Gasteiger partial charge in [-0.2, -0.15) is 0 Å². The topological polar surface area (TPSA) is 320 Å². The van der Waals surface area contributed by atoms with Crippen molar-refractivity contribution in [2.45, 2.75) is 251 Å². The molecule has 0 radical (unpaired) electrons. The highest BCUT2D eigenvalue weighted by molar-refractivity contribution is 6.39. The molecule has 3 aliphatic heterocycles. The summed E-state index contributed by atoms with van der Waals surface area (Å²) in [6.07, 6.45) is 18.2. The van der Waals surface area contributed by atoms with Crippen molar-refractivity contribution in [3.05, 3.63) is 77.7 Å². The Labute approximate surface area is 588 Å². The summed E-state index contributed by atoms with van der Waals surface area (Å²) in [4.78, 5) is 108. The normalized spacial score (nSPS) is 41.7. The fraction of sp³-hybridized carbons (Fsp3) is 0.724. The van der Waals surface area contributed by atoms with Gasteiger partial charge < -0.3 is 53.7 Å². The predicted molar refractivity (Wildman–Crippen MR) is 365 cm³/mol. The Kier molecular flexibility index (Phi) is 26.4. The minimum absolute atomic E-state index is 0.0170. The maximum atomic E-state index is 17.0. The lowest BCUT2D eigenvalue weighted by Gasteiger charge is -2.62. The van der Waals surface area contributed by atoms with Crippen LogP contribution in [0.4, 0.5) is 4.39 Å². The van der Waals surface area contributed by atoms with E-state index in [0.717, 1.165) is 18.4 Å². The Hall–Kier alpha value is -6.12. The lowest BCUT2D eigenvalue weighted by molar-refractivity contribution is -0.265. The summed E-state index contributed by atoms with van der Waals surface area (Å²) in [5.74, 6) is -10.7. The van der Waals surface area contributed by atoms with Crippen molar-refractivity contribution in [1.29, 1.82) is 0 Å². The Balaban J connectivity index is 0.000000339. The fourth-order valence-corrected chi connectivity index (χ4v) is 18.2. The van der Waals surface area contributed by atoms with E-state index in [9.17, 15) is 58.8 Å². The Bertz CT molecular complexity index is 3330. The highest BCUT2D eigenvalue weighted by Crippen LogP contribution is 2.71. The van der Waals surface area contributed by atoms with E-state index in [1.54, 1.807) is 78.9 Å². The van der Waals surface area contributed by atoms with Crippen LogP contribution in [0.1, 0.15) is 185 Å². The number of fused-ring (bicyclic) bond motifs is 8. The maximum Gasteiger partial charge on any atom is 0.329 e. The molecule has 23 atom stereocenters. The number of piperidine rings is 1. The van der Waals surface area contributed by atoms with Gasteiger partial charge >= 0.3 is 11.9 Å². The minimum atomic E-state index is -2.43. The van der Waals surface area contributed by atoms with E-state index in [2.05, 4.69) is 15.5 Å². The quantitative estimate of drug-likeness (QED) is 0.0968. The first-order valence-corrected chi connectivity index (χ1v) is 36.1. The zero-order valence-corrected chi connectivity index (χ0v) is 61.0. The summed E-state index contributed by atoms with van der Waals surface area (Å²) in [5.41, 5.74) is -4.06. The number of alkyl halides is 1. The lowest BCUT2D eigenvalue weighted by atomic mass is 9.44. The summed E-state index contributed by atoms with van der Waals surface area (Å²) in [6, 6.07) is -1.19. The molecule has 0 spiro atoms. The van der Waals surface area contributed by atoms with Crippen LogP contribution in [0.2, 0.25) is 0 Å². The number of rotatable bonds is 10. The van der Waals surface area contributed by atoms with E-state index in [1.807, 2.05) is 58.1 Å². The third kappa shape index (κ3) is 16.3. The van der Waals surface area contributed by atoms with Gasteiger partial charge in [-0.25, -0.2) is 13.9 Å². The minimum Gasteiger partial charge on any atom is -0.460 e. The van der Waals surface area contributed by atoms with Gasteiger partial charge in [0.15, 0.2) is 23.8 Å². The van der Waals surface area contributed by atoms with Crippen LogP contribution in [0.3, 0.4) is 0 Å². The second-order valence-corrected chi connectivity index (χ2v) is 30.8. The molecule has 23 nitrogen and oxygen atoms in total. The number of aliphatic hydroxyl groups is 4. The number of nitrogens with zero attached hydrogens (tertiary/aromatic N) is 5. The number of amides is 1. The number of methoxy groups -OCH3 is 3. The maximum absolute atomic E-state index is 17.0. The first-order chi connectivity index (χ1) is 47.1. The SMILES string of the molecule is CC(=O)OCC(=O)[C@@]1(O)[C@H](C)C[C@H]2[C@@H]3CCC4=CC(=O)C=C[C@]4(C)[C@@]3(F)[C@@H](O)C[C@@]21C.CO[C@H]1C[C@@H]2CC[C@@H](C)[C@@](O)(O2)C(=O)C(=O)N2CCCC[C@H]2C(=O)O[C@H]([C@H](C)C[C@@H]2CC[C@H](n3cnnn3)[C@H](OC)C2)CC(=O)[C@H](C)/C=C(\C)[C@@H](O)[C@@H](OC)C(=O)[C@H](C)C[C@H](C)/C=C/C=C/C=C/1C. The summed E-state index contributed by atoms with van der Waals surface area (Å²) in [7, 11) is 4.62. The van der Waals surface area contributed by atoms with Gasteiger partial charge in [0.05, 0.1) is 30.5 Å². The van der Waals surface area contributed by atoms with Crippen LogP contribution in [0, 0.1) is 64.1 Å². The standard InChI is InChI=1S/C52H79N5O12.C24H31FO6/c1-31-16-12-11-13-17-32(2)43(65-8)28-39-21-19-37(7)52(64,69-39)49(61)50(62)56-23-15-14-18-41(56)51(63)68-44(34(4)26-38-20-22-40(45(27-38)66-9)57-30-53-54-55-57)29-42(58)33(3)25-36(6)47(60)48(67-10)46(59)35(5)24-31;1-13-9-18-17-6-5-15-10-16(27)7-8-21(15,3)23(17,25)19(28)11-22(18,4)24(13,30)20(29)12-31-14(2)26/h11-13,16-17,25,30-31,33-35,37-41,43-45,47-48,60,64H,14-15,18-24,26-29H2,1-10H3;7-8,10,13,17-19,28,30H,5-6,9,11-12H2,1-4H3/b13-11+,16-12+,32-17+,36-25+;/t31-,33-,34-,35-,37-,38+,39+,40+,41+,43+,44+,45-,47-,48+,52-;13-,17+,18+,19+,21+,22+,23+,24+/m11/s1.